The molecule has 0 bridgehead atoms. The lowest BCUT2D eigenvalue weighted by Crippen LogP contribution is -2.09. The van der Waals surface area contributed by atoms with E-state index in [9.17, 15) is 9.13 Å². The lowest BCUT2D eigenvalue weighted by molar-refractivity contribution is 0.0806. The van der Waals surface area contributed by atoms with E-state index in [1.165, 1.54) is 28.4 Å². The second kappa shape index (κ2) is 14.4. The van der Waals surface area contributed by atoms with E-state index >= 15 is 0 Å². The van der Waals surface area contributed by atoms with Gasteiger partial charge in [0.25, 0.3) is 0 Å². The van der Waals surface area contributed by atoms with Gasteiger partial charge < -0.3 is 27.6 Å². The predicted octanol–water partition coefficient (Wildman–Crippen LogP) is 4.49. The minimum atomic E-state index is -2.97. The molecule has 148 valence electrons. The molecule has 0 spiro atoms. The molecule has 24 heavy (non-hydrogen) atoms. The van der Waals surface area contributed by atoms with E-state index in [4.69, 9.17) is 27.6 Å². The third-order valence-corrected chi connectivity index (χ3v) is 6.45. The fourth-order valence-corrected chi connectivity index (χ4v) is 2.63. The van der Waals surface area contributed by atoms with Gasteiger partial charge in [0, 0.05) is 28.4 Å². The van der Waals surface area contributed by atoms with E-state index in [1.54, 1.807) is 0 Å². The van der Waals surface area contributed by atoms with E-state index in [0.717, 1.165) is 12.8 Å². The minimum Gasteiger partial charge on any atom is -0.366 e. The average molecular weight is 392 g/mol. The van der Waals surface area contributed by atoms with Gasteiger partial charge >= 0.3 is 15.2 Å². The van der Waals surface area contributed by atoms with Crippen molar-refractivity contribution in [2.45, 2.75) is 52.7 Å². The molecular formula is C14H34O8P2. The summed E-state index contributed by atoms with van der Waals surface area (Å²) in [6, 6.07) is 0. The molecule has 0 aromatic carbocycles. The van der Waals surface area contributed by atoms with E-state index in [1.807, 2.05) is 27.7 Å². The molecule has 0 N–H and O–H groups in total. The minimum absolute atomic E-state index is 0.0228. The second-order valence-corrected chi connectivity index (χ2v) is 9.40. The summed E-state index contributed by atoms with van der Waals surface area (Å²) in [4.78, 5) is 0. The molecular weight excluding hydrogens is 358 g/mol. The van der Waals surface area contributed by atoms with Crippen molar-refractivity contribution >= 4 is 15.2 Å². The molecule has 0 rings (SSSR count). The van der Waals surface area contributed by atoms with Crippen molar-refractivity contribution < 1.29 is 36.7 Å². The maximum atomic E-state index is 11.4. The highest BCUT2D eigenvalue weighted by Gasteiger charge is 2.22. The van der Waals surface area contributed by atoms with Crippen LogP contribution in [0.2, 0.25) is 0 Å². The Labute approximate surface area is 146 Å². The Morgan fingerprint density at radius 3 is 1.08 bits per heavy atom. The van der Waals surface area contributed by atoms with Crippen molar-refractivity contribution in [1.82, 2.24) is 0 Å². The molecule has 0 saturated carbocycles. The Kier molecular flexibility index (Phi) is 15.9. The van der Waals surface area contributed by atoms with Crippen molar-refractivity contribution in [3.05, 3.63) is 0 Å². The van der Waals surface area contributed by atoms with Gasteiger partial charge in [-0.05, 0) is 26.7 Å². The molecule has 0 saturated heterocycles. The molecule has 0 aliphatic carbocycles. The first-order valence-corrected chi connectivity index (χ1v) is 11.3. The highest BCUT2D eigenvalue weighted by Crippen LogP contribution is 2.47. The van der Waals surface area contributed by atoms with Crippen molar-refractivity contribution in [1.29, 1.82) is 0 Å². The number of hydrogen-bond acceptors (Lipinski definition) is 8. The summed E-state index contributed by atoms with van der Waals surface area (Å²) in [6.07, 6.45) is 1.98. The van der Waals surface area contributed by atoms with E-state index < -0.39 is 15.2 Å². The second-order valence-electron chi connectivity index (χ2n) is 4.98. The van der Waals surface area contributed by atoms with Gasteiger partial charge in [-0.15, -0.1) is 0 Å². The monoisotopic (exact) mass is 392 g/mol. The third-order valence-electron chi connectivity index (χ3n) is 3.30. The van der Waals surface area contributed by atoms with Crippen LogP contribution in [0.1, 0.15) is 40.5 Å². The molecule has 0 radical (unpaired) electrons. The van der Waals surface area contributed by atoms with Gasteiger partial charge in [0.1, 0.15) is 12.7 Å². The summed E-state index contributed by atoms with van der Waals surface area (Å²) in [5.41, 5.74) is 0. The standard InChI is InChI=1S/2C7H17O4P/c2*1-5-7(2)11-6-12(8,9-3)10-4/h2*7H,5-6H2,1-4H3/t2*7-/m11/s1. The molecule has 0 unspecified atom stereocenters. The van der Waals surface area contributed by atoms with Crippen molar-refractivity contribution in [2.75, 3.05) is 41.1 Å². The Morgan fingerprint density at radius 1 is 0.667 bits per heavy atom. The predicted molar refractivity (Wildman–Crippen MR) is 94.7 cm³/mol. The number of ether oxygens (including phenoxy) is 2. The van der Waals surface area contributed by atoms with Gasteiger partial charge in [-0.2, -0.15) is 0 Å². The van der Waals surface area contributed by atoms with E-state index in [2.05, 4.69) is 0 Å². The zero-order valence-corrected chi connectivity index (χ0v) is 17.9. The molecule has 0 aromatic rings. The molecule has 0 amide bonds. The van der Waals surface area contributed by atoms with Gasteiger partial charge in [0.15, 0.2) is 0 Å². The Hall–Kier alpha value is 0.220. The van der Waals surface area contributed by atoms with Crippen LogP contribution in [0, 0.1) is 0 Å². The first kappa shape index (κ1) is 26.4. The fourth-order valence-electron chi connectivity index (χ4n) is 1.03. The van der Waals surface area contributed by atoms with Crippen LogP contribution < -0.4 is 0 Å². The van der Waals surface area contributed by atoms with E-state index in [0.29, 0.717) is 0 Å². The summed E-state index contributed by atoms with van der Waals surface area (Å²) >= 11 is 0. The SMILES string of the molecule is CC[C@@H](C)OCP(=O)(OC)OC.CC[C@@H](C)OCP(=O)(OC)OC. The Balaban J connectivity index is 0. The van der Waals surface area contributed by atoms with Crippen LogP contribution in [-0.4, -0.2) is 53.3 Å². The molecule has 0 fully saturated rings. The van der Waals surface area contributed by atoms with E-state index in [-0.39, 0.29) is 24.9 Å². The van der Waals surface area contributed by atoms with Crippen LogP contribution in [-0.2, 0) is 36.7 Å². The highest BCUT2D eigenvalue weighted by molar-refractivity contribution is 7.53. The van der Waals surface area contributed by atoms with Gasteiger partial charge in [-0.1, -0.05) is 13.8 Å². The molecule has 0 heterocycles. The third kappa shape index (κ3) is 12.6. The molecule has 0 aliphatic heterocycles. The number of rotatable bonds is 12. The summed E-state index contributed by atoms with van der Waals surface area (Å²) in [6.45, 7) is 7.82. The smallest absolute Gasteiger partial charge is 0.355 e. The summed E-state index contributed by atoms with van der Waals surface area (Å²) in [5, 5.41) is 0. The largest absolute Gasteiger partial charge is 0.366 e. The van der Waals surface area contributed by atoms with Crippen LogP contribution in [0.25, 0.3) is 0 Å². The summed E-state index contributed by atoms with van der Waals surface area (Å²) in [7, 11) is -0.535. The Bertz CT molecular complexity index is 339. The first-order chi connectivity index (χ1) is 11.2. The van der Waals surface area contributed by atoms with Crippen LogP contribution in [0.4, 0.5) is 0 Å². The maximum absolute atomic E-state index is 11.4. The molecule has 0 aliphatic rings. The van der Waals surface area contributed by atoms with Crippen LogP contribution in [0.5, 0.6) is 0 Å². The normalized spacial score (nSPS) is 14.7. The lowest BCUT2D eigenvalue weighted by atomic mass is 10.3. The number of hydrogen-bond donors (Lipinski definition) is 0. The zero-order valence-electron chi connectivity index (χ0n) is 16.1. The van der Waals surface area contributed by atoms with Gasteiger partial charge in [-0.3, -0.25) is 9.13 Å². The van der Waals surface area contributed by atoms with Gasteiger partial charge in [0.2, 0.25) is 0 Å². The van der Waals surface area contributed by atoms with Crippen molar-refractivity contribution in [3.63, 3.8) is 0 Å². The zero-order chi connectivity index (χ0) is 19.2. The van der Waals surface area contributed by atoms with Gasteiger partial charge in [-0.25, -0.2) is 0 Å². The van der Waals surface area contributed by atoms with Crippen molar-refractivity contribution in [2.24, 2.45) is 0 Å². The Morgan fingerprint density at radius 2 is 0.917 bits per heavy atom. The van der Waals surface area contributed by atoms with Gasteiger partial charge in [0.05, 0.1) is 12.2 Å². The van der Waals surface area contributed by atoms with Crippen LogP contribution in [0.3, 0.4) is 0 Å². The van der Waals surface area contributed by atoms with Crippen LogP contribution in [0.15, 0.2) is 0 Å². The topological polar surface area (TPSA) is 89.5 Å². The van der Waals surface area contributed by atoms with Crippen molar-refractivity contribution in [3.8, 4) is 0 Å². The lowest BCUT2D eigenvalue weighted by Gasteiger charge is -2.16. The summed E-state index contributed by atoms with van der Waals surface area (Å²) in [5.74, 6) is 0. The average Bonchev–Trinajstić information content (AvgIpc) is 2.63. The fraction of sp³-hybridized carbons (Fsp3) is 1.00. The summed E-state index contributed by atoms with van der Waals surface area (Å²) < 4.78 is 52.0. The molecule has 2 atom stereocenters. The highest BCUT2D eigenvalue weighted by atomic mass is 31.2. The molecule has 10 heteroatoms. The first-order valence-electron chi connectivity index (χ1n) is 7.80. The molecule has 8 nitrogen and oxygen atoms in total. The quantitative estimate of drug-likeness (QED) is 0.449. The van der Waals surface area contributed by atoms with Crippen LogP contribution >= 0.6 is 15.2 Å². The molecule has 0 aromatic heterocycles. The maximum Gasteiger partial charge on any atom is 0.355 e.